The SMILES string of the molecule is Cc1nc(NCc2cnccc2C(F)(F)F)c2cnn(C)c2n1. The number of alkyl halides is 3. The number of hydrogen-bond acceptors (Lipinski definition) is 5. The smallest absolute Gasteiger partial charge is 0.365 e. The average Bonchev–Trinajstić information content (AvgIpc) is 2.86. The van der Waals surface area contributed by atoms with Crippen molar-refractivity contribution in [3.05, 3.63) is 41.6 Å². The zero-order valence-corrected chi connectivity index (χ0v) is 12.4. The molecule has 0 amide bonds. The number of nitrogens with one attached hydrogen (secondary N) is 1. The van der Waals surface area contributed by atoms with E-state index in [2.05, 4.69) is 25.4 Å². The normalized spacial score (nSPS) is 11.9. The third-order valence-electron chi connectivity index (χ3n) is 3.36. The third kappa shape index (κ3) is 2.94. The Morgan fingerprint density at radius 2 is 2.00 bits per heavy atom. The van der Waals surface area contributed by atoms with Crippen molar-refractivity contribution in [3.8, 4) is 0 Å². The van der Waals surface area contributed by atoms with Crippen molar-refractivity contribution in [2.24, 2.45) is 7.05 Å². The highest BCUT2D eigenvalue weighted by molar-refractivity contribution is 5.86. The van der Waals surface area contributed by atoms with Crippen LogP contribution in [0.2, 0.25) is 0 Å². The van der Waals surface area contributed by atoms with Crippen LogP contribution < -0.4 is 5.32 Å². The van der Waals surface area contributed by atoms with E-state index in [4.69, 9.17) is 0 Å². The Morgan fingerprint density at radius 1 is 1.22 bits per heavy atom. The van der Waals surface area contributed by atoms with Gasteiger partial charge in [0.2, 0.25) is 0 Å². The summed E-state index contributed by atoms with van der Waals surface area (Å²) in [6.07, 6.45) is -0.527. The molecule has 23 heavy (non-hydrogen) atoms. The molecule has 1 N–H and O–H groups in total. The van der Waals surface area contributed by atoms with E-state index >= 15 is 0 Å². The Kier molecular flexibility index (Phi) is 3.63. The van der Waals surface area contributed by atoms with E-state index in [0.717, 1.165) is 12.3 Å². The van der Waals surface area contributed by atoms with Crippen LogP contribution in [0.1, 0.15) is 17.0 Å². The van der Waals surface area contributed by atoms with Gasteiger partial charge >= 0.3 is 6.18 Å². The van der Waals surface area contributed by atoms with Crippen molar-refractivity contribution < 1.29 is 13.2 Å². The van der Waals surface area contributed by atoms with E-state index in [1.165, 1.54) is 6.20 Å². The highest BCUT2D eigenvalue weighted by Gasteiger charge is 2.33. The lowest BCUT2D eigenvalue weighted by Crippen LogP contribution is -2.13. The number of halogens is 3. The molecule has 0 aliphatic carbocycles. The molecule has 0 aliphatic heterocycles. The Morgan fingerprint density at radius 3 is 2.74 bits per heavy atom. The maximum Gasteiger partial charge on any atom is 0.416 e. The molecule has 0 fully saturated rings. The highest BCUT2D eigenvalue weighted by atomic mass is 19.4. The van der Waals surface area contributed by atoms with E-state index in [1.807, 2.05) is 0 Å². The Bertz CT molecular complexity index is 855. The molecular weight excluding hydrogens is 309 g/mol. The third-order valence-corrected chi connectivity index (χ3v) is 3.36. The maximum atomic E-state index is 13.0. The van der Waals surface area contributed by atoms with E-state index in [-0.39, 0.29) is 12.1 Å². The van der Waals surface area contributed by atoms with Gasteiger partial charge in [-0.15, -0.1) is 0 Å². The van der Waals surface area contributed by atoms with E-state index < -0.39 is 11.7 Å². The summed E-state index contributed by atoms with van der Waals surface area (Å²) < 4.78 is 40.6. The topological polar surface area (TPSA) is 68.5 Å². The number of pyridine rings is 1. The second kappa shape index (κ2) is 5.49. The van der Waals surface area contributed by atoms with Crippen LogP contribution in [0.4, 0.5) is 19.0 Å². The second-order valence-corrected chi connectivity index (χ2v) is 5.01. The van der Waals surface area contributed by atoms with Crippen molar-refractivity contribution in [2.75, 3.05) is 5.32 Å². The Labute approximate surface area is 129 Å². The van der Waals surface area contributed by atoms with Crippen LogP contribution in [-0.4, -0.2) is 24.7 Å². The average molecular weight is 322 g/mol. The fraction of sp³-hybridized carbons (Fsp3) is 0.286. The number of aromatic nitrogens is 5. The van der Waals surface area contributed by atoms with Crippen molar-refractivity contribution in [1.29, 1.82) is 0 Å². The molecule has 120 valence electrons. The van der Waals surface area contributed by atoms with Crippen LogP contribution in [0.15, 0.2) is 24.7 Å². The van der Waals surface area contributed by atoms with Crippen molar-refractivity contribution in [3.63, 3.8) is 0 Å². The minimum absolute atomic E-state index is 0.0494. The van der Waals surface area contributed by atoms with Gasteiger partial charge in [-0.1, -0.05) is 0 Å². The van der Waals surface area contributed by atoms with Crippen LogP contribution in [0, 0.1) is 6.92 Å². The predicted molar refractivity (Wildman–Crippen MR) is 77.6 cm³/mol. The number of aryl methyl sites for hydroxylation is 2. The van der Waals surface area contributed by atoms with Crippen LogP contribution in [0.5, 0.6) is 0 Å². The fourth-order valence-electron chi connectivity index (χ4n) is 2.29. The van der Waals surface area contributed by atoms with E-state index in [9.17, 15) is 13.2 Å². The summed E-state index contributed by atoms with van der Waals surface area (Å²) in [5, 5.41) is 7.67. The number of fused-ring (bicyclic) bond motifs is 1. The molecule has 3 aromatic rings. The molecule has 0 saturated carbocycles. The van der Waals surface area contributed by atoms with Gasteiger partial charge in [0.05, 0.1) is 17.1 Å². The summed E-state index contributed by atoms with van der Waals surface area (Å²) in [5.74, 6) is 0.948. The summed E-state index contributed by atoms with van der Waals surface area (Å²) >= 11 is 0. The van der Waals surface area contributed by atoms with Crippen molar-refractivity contribution in [1.82, 2.24) is 24.7 Å². The lowest BCUT2D eigenvalue weighted by Gasteiger charge is -2.13. The highest BCUT2D eigenvalue weighted by Crippen LogP contribution is 2.32. The molecule has 9 heteroatoms. The van der Waals surface area contributed by atoms with Gasteiger partial charge in [-0.25, -0.2) is 9.97 Å². The van der Waals surface area contributed by atoms with Gasteiger partial charge in [-0.2, -0.15) is 18.3 Å². The first-order chi connectivity index (χ1) is 10.9. The van der Waals surface area contributed by atoms with Gasteiger partial charge in [0.25, 0.3) is 0 Å². The molecule has 0 unspecified atom stereocenters. The molecular formula is C14H13F3N6. The molecule has 0 radical (unpaired) electrons. The van der Waals surface area contributed by atoms with Gasteiger partial charge in [0, 0.05) is 31.5 Å². The zero-order valence-electron chi connectivity index (χ0n) is 12.4. The van der Waals surface area contributed by atoms with Crippen LogP contribution in [0.25, 0.3) is 11.0 Å². The summed E-state index contributed by atoms with van der Waals surface area (Å²) in [5.41, 5.74) is -0.0521. The van der Waals surface area contributed by atoms with Gasteiger partial charge in [0.15, 0.2) is 5.65 Å². The predicted octanol–water partition coefficient (Wildman–Crippen LogP) is 2.70. The Hall–Kier alpha value is -2.71. The second-order valence-electron chi connectivity index (χ2n) is 5.01. The summed E-state index contributed by atoms with van der Waals surface area (Å²) in [7, 11) is 1.74. The molecule has 6 nitrogen and oxygen atoms in total. The van der Waals surface area contributed by atoms with Crippen molar-refractivity contribution >= 4 is 16.9 Å². The first kappa shape index (κ1) is 15.2. The molecule has 0 spiro atoms. The zero-order chi connectivity index (χ0) is 16.6. The molecule has 0 aliphatic rings. The minimum atomic E-state index is -4.43. The van der Waals surface area contributed by atoms with Crippen molar-refractivity contribution in [2.45, 2.75) is 19.6 Å². The lowest BCUT2D eigenvalue weighted by atomic mass is 10.1. The van der Waals surface area contributed by atoms with Crippen LogP contribution in [0.3, 0.4) is 0 Å². The number of anilines is 1. The maximum absolute atomic E-state index is 13.0. The number of nitrogens with zero attached hydrogens (tertiary/aromatic N) is 5. The summed E-state index contributed by atoms with van der Waals surface area (Å²) in [4.78, 5) is 12.3. The molecule has 3 aromatic heterocycles. The van der Waals surface area contributed by atoms with Gasteiger partial charge in [-0.05, 0) is 13.0 Å². The van der Waals surface area contributed by atoms with Crippen LogP contribution >= 0.6 is 0 Å². The standard InChI is InChI=1S/C14H13F3N6/c1-8-21-12(10-7-20-23(2)13(10)22-8)19-6-9-5-18-4-3-11(9)14(15,16)17/h3-5,7H,6H2,1-2H3,(H,19,21,22). The lowest BCUT2D eigenvalue weighted by molar-refractivity contribution is -0.138. The van der Waals surface area contributed by atoms with E-state index in [0.29, 0.717) is 22.7 Å². The van der Waals surface area contributed by atoms with Gasteiger partial charge in [0.1, 0.15) is 11.6 Å². The van der Waals surface area contributed by atoms with E-state index in [1.54, 1.807) is 24.9 Å². The molecule has 0 atom stereocenters. The summed E-state index contributed by atoms with van der Waals surface area (Å²) in [6.45, 7) is 1.66. The molecule has 0 saturated heterocycles. The molecule has 0 aromatic carbocycles. The molecule has 0 bridgehead atoms. The largest absolute Gasteiger partial charge is 0.416 e. The molecule has 3 heterocycles. The number of rotatable bonds is 3. The Balaban J connectivity index is 1.93. The first-order valence-corrected chi connectivity index (χ1v) is 6.76. The quantitative estimate of drug-likeness (QED) is 0.803. The molecule has 3 rings (SSSR count). The van der Waals surface area contributed by atoms with Gasteiger partial charge < -0.3 is 5.32 Å². The number of hydrogen-bond donors (Lipinski definition) is 1. The first-order valence-electron chi connectivity index (χ1n) is 6.76. The minimum Gasteiger partial charge on any atom is -0.365 e. The van der Waals surface area contributed by atoms with Crippen LogP contribution in [-0.2, 0) is 19.8 Å². The van der Waals surface area contributed by atoms with Gasteiger partial charge in [-0.3, -0.25) is 9.67 Å². The summed E-state index contributed by atoms with van der Waals surface area (Å²) in [6, 6.07) is 0.960. The monoisotopic (exact) mass is 322 g/mol. The fourth-order valence-corrected chi connectivity index (χ4v) is 2.29.